The number of likely N-dealkylation sites (tertiary alicyclic amines) is 1. The Morgan fingerprint density at radius 2 is 2.17 bits per heavy atom. The van der Waals surface area contributed by atoms with Crippen molar-refractivity contribution < 1.29 is 4.79 Å². The number of piperidine rings is 1. The monoisotopic (exact) mass is 310 g/mol. The Labute approximate surface area is 136 Å². The van der Waals surface area contributed by atoms with Gasteiger partial charge in [-0.2, -0.15) is 5.10 Å². The first kappa shape index (κ1) is 14.4. The van der Waals surface area contributed by atoms with Crippen molar-refractivity contribution in [2.75, 3.05) is 13.1 Å². The van der Waals surface area contributed by atoms with Crippen LogP contribution in [0.25, 0.3) is 0 Å². The molecule has 0 spiro atoms. The Morgan fingerprint density at radius 3 is 3.04 bits per heavy atom. The Bertz CT molecular complexity index is 695. The number of nitrogens with one attached hydrogen (secondary N) is 1. The molecular weight excluding hydrogens is 288 g/mol. The van der Waals surface area contributed by atoms with E-state index in [4.69, 9.17) is 0 Å². The molecule has 2 aliphatic rings. The molecule has 1 N–H and O–H groups in total. The minimum atomic E-state index is 0.120. The molecule has 1 fully saturated rings. The predicted molar refractivity (Wildman–Crippen MR) is 87.3 cm³/mol. The van der Waals surface area contributed by atoms with Crippen LogP contribution in [0.3, 0.4) is 0 Å². The summed E-state index contributed by atoms with van der Waals surface area (Å²) in [5.41, 5.74) is 4.33. The molecule has 120 valence electrons. The molecule has 1 amide bonds. The molecule has 4 rings (SSSR count). The molecule has 0 bridgehead atoms. The van der Waals surface area contributed by atoms with E-state index in [0.717, 1.165) is 50.0 Å². The second-order valence-corrected chi connectivity index (χ2v) is 6.64. The van der Waals surface area contributed by atoms with E-state index < -0.39 is 0 Å². The van der Waals surface area contributed by atoms with Crippen LogP contribution in [0.15, 0.2) is 24.5 Å². The van der Waals surface area contributed by atoms with Gasteiger partial charge in [-0.3, -0.25) is 14.9 Å². The summed E-state index contributed by atoms with van der Waals surface area (Å²) in [7, 11) is 0. The number of carbonyl (C=O) groups excluding carboxylic acids is 1. The van der Waals surface area contributed by atoms with Gasteiger partial charge in [-0.25, -0.2) is 0 Å². The minimum absolute atomic E-state index is 0.120. The summed E-state index contributed by atoms with van der Waals surface area (Å²) in [6.45, 7) is 1.60. The van der Waals surface area contributed by atoms with Gasteiger partial charge in [0, 0.05) is 42.8 Å². The summed E-state index contributed by atoms with van der Waals surface area (Å²) >= 11 is 0. The van der Waals surface area contributed by atoms with E-state index in [0.29, 0.717) is 5.92 Å². The molecule has 1 saturated heterocycles. The summed E-state index contributed by atoms with van der Waals surface area (Å²) in [6, 6.07) is 4.09. The largest absolute Gasteiger partial charge is 0.338 e. The summed E-state index contributed by atoms with van der Waals surface area (Å²) in [5, 5.41) is 7.08. The number of nitrogens with zero attached hydrogens (tertiary/aromatic N) is 3. The van der Waals surface area contributed by atoms with Crippen molar-refractivity contribution in [1.29, 1.82) is 0 Å². The summed E-state index contributed by atoms with van der Waals surface area (Å²) in [6.07, 6.45) is 10.2. The van der Waals surface area contributed by atoms with E-state index in [1.807, 2.05) is 11.0 Å². The average molecular weight is 310 g/mol. The number of aryl methyl sites for hydroxylation is 2. The van der Waals surface area contributed by atoms with Gasteiger partial charge in [0.25, 0.3) is 5.91 Å². The van der Waals surface area contributed by atoms with Crippen molar-refractivity contribution in [3.8, 4) is 0 Å². The number of aromatic nitrogens is 3. The van der Waals surface area contributed by atoms with E-state index in [2.05, 4.69) is 21.2 Å². The fourth-order valence-electron chi connectivity index (χ4n) is 3.80. The Balaban J connectivity index is 1.52. The topological polar surface area (TPSA) is 61.9 Å². The maximum absolute atomic E-state index is 12.9. The van der Waals surface area contributed by atoms with E-state index in [9.17, 15) is 4.79 Å². The second kappa shape index (κ2) is 6.14. The lowest BCUT2D eigenvalue weighted by molar-refractivity contribution is 0.0705. The lowest BCUT2D eigenvalue weighted by Gasteiger charge is -2.32. The standard InChI is InChI=1S/C18H22N4O/c23-18(15-10-13-4-1-2-6-16(13)19-11-15)22-9-3-5-14(12-22)17-7-8-20-21-17/h7-8,10-11,14H,1-6,9,12H2,(H,20,21)/t14-/m1/s1. The fraction of sp³-hybridized carbons (Fsp3) is 0.500. The van der Waals surface area contributed by atoms with Crippen LogP contribution < -0.4 is 0 Å². The lowest BCUT2D eigenvalue weighted by atomic mass is 9.93. The second-order valence-electron chi connectivity index (χ2n) is 6.64. The van der Waals surface area contributed by atoms with Crippen molar-refractivity contribution in [2.24, 2.45) is 0 Å². The summed E-state index contributed by atoms with van der Waals surface area (Å²) in [4.78, 5) is 19.4. The van der Waals surface area contributed by atoms with Gasteiger partial charge in [-0.1, -0.05) is 0 Å². The molecule has 1 aliphatic heterocycles. The van der Waals surface area contributed by atoms with Gasteiger partial charge in [0.1, 0.15) is 0 Å². The molecule has 5 heteroatoms. The lowest BCUT2D eigenvalue weighted by Crippen LogP contribution is -2.39. The predicted octanol–water partition coefficient (Wildman–Crippen LogP) is 2.70. The normalized spacial score (nSPS) is 21.0. The van der Waals surface area contributed by atoms with Crippen LogP contribution in [0.2, 0.25) is 0 Å². The minimum Gasteiger partial charge on any atom is -0.338 e. The quantitative estimate of drug-likeness (QED) is 0.927. The molecule has 0 aromatic carbocycles. The van der Waals surface area contributed by atoms with Crippen molar-refractivity contribution in [2.45, 2.75) is 44.4 Å². The summed E-state index contributed by atoms with van der Waals surface area (Å²) in [5.74, 6) is 0.482. The molecule has 2 aromatic rings. The maximum atomic E-state index is 12.9. The third kappa shape index (κ3) is 2.87. The number of hydrogen-bond acceptors (Lipinski definition) is 3. The number of H-pyrrole nitrogens is 1. The average Bonchev–Trinajstić information content (AvgIpc) is 3.15. The zero-order valence-corrected chi connectivity index (χ0v) is 13.3. The smallest absolute Gasteiger partial charge is 0.255 e. The van der Waals surface area contributed by atoms with Crippen molar-refractivity contribution in [3.63, 3.8) is 0 Å². The molecule has 1 aliphatic carbocycles. The molecular formula is C18H22N4O. The van der Waals surface area contributed by atoms with Gasteiger partial charge in [-0.15, -0.1) is 0 Å². The van der Waals surface area contributed by atoms with Crippen LogP contribution in [-0.4, -0.2) is 39.1 Å². The highest BCUT2D eigenvalue weighted by Crippen LogP contribution is 2.27. The molecule has 1 atom stereocenters. The van der Waals surface area contributed by atoms with Gasteiger partial charge in [-0.05, 0) is 56.2 Å². The third-order valence-corrected chi connectivity index (χ3v) is 5.09. The highest BCUT2D eigenvalue weighted by molar-refractivity contribution is 5.94. The maximum Gasteiger partial charge on any atom is 0.255 e. The van der Waals surface area contributed by atoms with E-state index in [1.54, 1.807) is 12.4 Å². The zero-order chi connectivity index (χ0) is 15.6. The Hall–Kier alpha value is -2.17. The van der Waals surface area contributed by atoms with Gasteiger partial charge in [0.2, 0.25) is 0 Å². The van der Waals surface area contributed by atoms with Crippen LogP contribution in [0.1, 0.15) is 58.9 Å². The van der Waals surface area contributed by atoms with Crippen molar-refractivity contribution in [3.05, 3.63) is 47.0 Å². The highest BCUT2D eigenvalue weighted by atomic mass is 16.2. The molecule has 0 unspecified atom stereocenters. The van der Waals surface area contributed by atoms with Crippen LogP contribution in [0.5, 0.6) is 0 Å². The van der Waals surface area contributed by atoms with Gasteiger partial charge in [0.15, 0.2) is 0 Å². The molecule has 2 aromatic heterocycles. The summed E-state index contributed by atoms with van der Waals surface area (Å²) < 4.78 is 0. The molecule has 0 radical (unpaired) electrons. The highest BCUT2D eigenvalue weighted by Gasteiger charge is 2.27. The molecule has 3 heterocycles. The number of pyridine rings is 1. The molecule has 5 nitrogen and oxygen atoms in total. The van der Waals surface area contributed by atoms with Gasteiger partial charge in [0.05, 0.1) is 5.56 Å². The number of amides is 1. The van der Waals surface area contributed by atoms with Crippen LogP contribution >= 0.6 is 0 Å². The van der Waals surface area contributed by atoms with Gasteiger partial charge < -0.3 is 4.90 Å². The number of aromatic amines is 1. The fourth-order valence-corrected chi connectivity index (χ4v) is 3.80. The first-order valence-electron chi connectivity index (χ1n) is 8.57. The molecule has 23 heavy (non-hydrogen) atoms. The third-order valence-electron chi connectivity index (χ3n) is 5.09. The first-order valence-corrected chi connectivity index (χ1v) is 8.57. The number of hydrogen-bond donors (Lipinski definition) is 1. The molecule has 0 saturated carbocycles. The van der Waals surface area contributed by atoms with Crippen molar-refractivity contribution in [1.82, 2.24) is 20.1 Å². The zero-order valence-electron chi connectivity index (χ0n) is 13.3. The number of carbonyl (C=O) groups is 1. The van der Waals surface area contributed by atoms with Crippen LogP contribution in [-0.2, 0) is 12.8 Å². The number of rotatable bonds is 2. The van der Waals surface area contributed by atoms with Crippen molar-refractivity contribution >= 4 is 5.91 Å². The van der Waals surface area contributed by atoms with E-state index in [-0.39, 0.29) is 5.91 Å². The van der Waals surface area contributed by atoms with E-state index in [1.165, 1.54) is 24.1 Å². The Kier molecular flexibility index (Phi) is 3.85. The number of fused-ring (bicyclic) bond motifs is 1. The van der Waals surface area contributed by atoms with Crippen LogP contribution in [0.4, 0.5) is 0 Å². The van der Waals surface area contributed by atoms with E-state index >= 15 is 0 Å². The Morgan fingerprint density at radius 1 is 1.26 bits per heavy atom. The van der Waals surface area contributed by atoms with Gasteiger partial charge >= 0.3 is 0 Å². The SMILES string of the molecule is O=C(c1cnc2c(c1)CCCC2)N1CCC[C@@H](c2ccn[nH]2)C1. The first-order chi connectivity index (χ1) is 11.3. The van der Waals surface area contributed by atoms with Crippen LogP contribution in [0, 0.1) is 0 Å².